The van der Waals surface area contributed by atoms with E-state index in [0.29, 0.717) is 18.1 Å². The van der Waals surface area contributed by atoms with Gasteiger partial charge in [0.05, 0.1) is 5.69 Å². The number of amides is 1. The van der Waals surface area contributed by atoms with Crippen molar-refractivity contribution >= 4 is 17.7 Å². The largest absolute Gasteiger partial charge is 0.444 e. The Morgan fingerprint density at radius 1 is 1.45 bits per heavy atom. The van der Waals surface area contributed by atoms with Gasteiger partial charge in [0.25, 0.3) is 0 Å². The van der Waals surface area contributed by atoms with E-state index in [-0.39, 0.29) is 0 Å². The molecule has 1 rings (SSSR count). The minimum Gasteiger partial charge on any atom is -0.444 e. The van der Waals surface area contributed by atoms with Gasteiger partial charge in [-0.2, -0.15) is 0 Å². The summed E-state index contributed by atoms with van der Waals surface area (Å²) in [6.07, 6.45) is 0.116. The topological polar surface area (TPSA) is 51.2 Å². The van der Waals surface area contributed by atoms with Crippen molar-refractivity contribution in [1.29, 1.82) is 0 Å². The number of aryl methyl sites for hydroxylation is 1. The molecule has 5 heteroatoms. The Bertz CT molecular complexity index is 539. The number of hydrogen-bond donors (Lipinski definition) is 1. The monoisotopic (exact) mass is 294 g/mol. The molecule has 1 heterocycles. The van der Waals surface area contributed by atoms with Crippen LogP contribution in [-0.4, -0.2) is 23.2 Å². The van der Waals surface area contributed by atoms with Gasteiger partial charge in [0.15, 0.2) is 0 Å². The lowest BCUT2D eigenvalue weighted by Gasteiger charge is -2.19. The number of aromatic nitrogens is 1. The summed E-state index contributed by atoms with van der Waals surface area (Å²) in [5, 5.41) is 3.11. The number of hydrogen-bond acceptors (Lipinski definition) is 3. The van der Waals surface area contributed by atoms with E-state index in [1.807, 2.05) is 33.8 Å². The summed E-state index contributed by atoms with van der Waals surface area (Å²) in [5.41, 5.74) is 1.15. The Morgan fingerprint density at radius 3 is 2.75 bits per heavy atom. The van der Waals surface area contributed by atoms with Crippen molar-refractivity contribution in [3.8, 4) is 11.8 Å². The van der Waals surface area contributed by atoms with Crippen LogP contribution in [0.5, 0.6) is 0 Å². The quantitative estimate of drug-likeness (QED) is 0.517. The van der Waals surface area contributed by atoms with Crippen molar-refractivity contribution in [3.05, 3.63) is 28.5 Å². The highest BCUT2D eigenvalue weighted by Gasteiger charge is 2.15. The van der Waals surface area contributed by atoms with Gasteiger partial charge >= 0.3 is 6.09 Å². The molecule has 0 radical (unpaired) electrons. The first-order valence-corrected chi connectivity index (χ1v) is 6.74. The zero-order valence-corrected chi connectivity index (χ0v) is 13.0. The van der Waals surface area contributed by atoms with Crippen molar-refractivity contribution < 1.29 is 9.53 Å². The van der Waals surface area contributed by atoms with E-state index in [4.69, 9.17) is 16.3 Å². The number of rotatable bonds is 2. The second-order valence-electron chi connectivity index (χ2n) is 5.25. The van der Waals surface area contributed by atoms with Crippen molar-refractivity contribution in [2.45, 2.75) is 39.7 Å². The second-order valence-corrected chi connectivity index (χ2v) is 5.63. The van der Waals surface area contributed by atoms with Crippen LogP contribution in [0.2, 0.25) is 5.15 Å². The number of halogens is 1. The second kappa shape index (κ2) is 7.16. The van der Waals surface area contributed by atoms with E-state index >= 15 is 0 Å². The van der Waals surface area contributed by atoms with Crippen LogP contribution in [0, 0.1) is 18.8 Å². The van der Waals surface area contributed by atoms with Gasteiger partial charge in [-0.3, -0.25) is 0 Å². The van der Waals surface area contributed by atoms with Crippen LogP contribution in [0.1, 0.15) is 38.4 Å². The smallest absolute Gasteiger partial charge is 0.407 e. The molecule has 1 aromatic rings. The van der Waals surface area contributed by atoms with Gasteiger partial charge in [-0.05, 0) is 39.8 Å². The van der Waals surface area contributed by atoms with Crippen LogP contribution in [0.3, 0.4) is 0 Å². The van der Waals surface area contributed by atoms with Crippen LogP contribution in [0.4, 0.5) is 4.79 Å². The van der Waals surface area contributed by atoms with Gasteiger partial charge in [0.1, 0.15) is 10.8 Å². The molecule has 108 valence electrons. The van der Waals surface area contributed by atoms with Crippen molar-refractivity contribution in [2.75, 3.05) is 6.54 Å². The number of alkyl carbamates (subject to hydrolysis) is 1. The van der Waals surface area contributed by atoms with Crippen LogP contribution in [-0.2, 0) is 4.74 Å². The third-order valence-electron chi connectivity index (χ3n) is 2.19. The summed E-state index contributed by atoms with van der Waals surface area (Å²) in [6.45, 7) is 7.77. The summed E-state index contributed by atoms with van der Waals surface area (Å²) < 4.78 is 5.11. The molecule has 20 heavy (non-hydrogen) atoms. The molecule has 4 nitrogen and oxygen atoms in total. The fraction of sp³-hybridized carbons (Fsp3) is 0.467. The van der Waals surface area contributed by atoms with Crippen molar-refractivity contribution in [2.24, 2.45) is 0 Å². The Morgan fingerprint density at radius 2 is 2.15 bits per heavy atom. The first kappa shape index (κ1) is 16.3. The average Bonchev–Trinajstić information content (AvgIpc) is 2.28. The zero-order chi connectivity index (χ0) is 15.2. The van der Waals surface area contributed by atoms with Gasteiger partial charge in [-0.25, -0.2) is 9.78 Å². The predicted octanol–water partition coefficient (Wildman–Crippen LogP) is 3.31. The van der Waals surface area contributed by atoms with Crippen LogP contribution >= 0.6 is 11.6 Å². The first-order valence-electron chi connectivity index (χ1n) is 6.37. The lowest BCUT2D eigenvalue weighted by Crippen LogP contribution is -2.32. The van der Waals surface area contributed by atoms with E-state index in [1.54, 1.807) is 6.07 Å². The maximum Gasteiger partial charge on any atom is 0.407 e. The molecular formula is C15H19ClN2O2. The molecule has 0 aliphatic heterocycles. The molecule has 0 saturated carbocycles. The van der Waals surface area contributed by atoms with Gasteiger partial charge in [0, 0.05) is 18.5 Å². The molecular weight excluding hydrogens is 276 g/mol. The maximum absolute atomic E-state index is 11.4. The highest BCUT2D eigenvalue weighted by Crippen LogP contribution is 2.09. The number of ether oxygens (including phenoxy) is 1. The Hall–Kier alpha value is -1.73. The zero-order valence-electron chi connectivity index (χ0n) is 12.2. The Kier molecular flexibility index (Phi) is 5.84. The number of nitrogens with one attached hydrogen (secondary N) is 1. The molecule has 0 bridgehead atoms. The fourth-order valence-corrected chi connectivity index (χ4v) is 1.55. The number of nitrogens with zero attached hydrogens (tertiary/aromatic N) is 1. The number of carbonyl (C=O) groups is 1. The summed E-state index contributed by atoms with van der Waals surface area (Å²) >= 11 is 5.77. The molecule has 0 spiro atoms. The fourth-order valence-electron chi connectivity index (χ4n) is 1.36. The SMILES string of the molecule is Cc1nc(Cl)ccc1C#CCCNC(=O)OC(C)(C)C. The first-order chi connectivity index (χ1) is 9.28. The highest BCUT2D eigenvalue weighted by molar-refractivity contribution is 6.29. The molecule has 1 N–H and O–H groups in total. The molecule has 0 aliphatic rings. The summed E-state index contributed by atoms with van der Waals surface area (Å²) in [5.74, 6) is 5.98. The minimum absolute atomic E-state index is 0.427. The van der Waals surface area contributed by atoms with Crippen LogP contribution in [0.15, 0.2) is 12.1 Å². The molecule has 1 aromatic heterocycles. The molecule has 0 saturated heterocycles. The van der Waals surface area contributed by atoms with Crippen LogP contribution < -0.4 is 5.32 Å². The molecule has 1 amide bonds. The van der Waals surface area contributed by atoms with Gasteiger partial charge < -0.3 is 10.1 Å². The van der Waals surface area contributed by atoms with Crippen LogP contribution in [0.25, 0.3) is 0 Å². The molecule has 0 aromatic carbocycles. The lowest BCUT2D eigenvalue weighted by molar-refractivity contribution is 0.0529. The minimum atomic E-state index is -0.484. The summed E-state index contributed by atoms with van der Waals surface area (Å²) in [4.78, 5) is 15.5. The summed E-state index contributed by atoms with van der Waals surface area (Å²) in [6, 6.07) is 3.54. The Balaban J connectivity index is 2.38. The highest BCUT2D eigenvalue weighted by atomic mass is 35.5. The van der Waals surface area contributed by atoms with Crippen molar-refractivity contribution in [1.82, 2.24) is 10.3 Å². The van der Waals surface area contributed by atoms with E-state index in [9.17, 15) is 4.79 Å². The third kappa shape index (κ3) is 6.44. The molecule has 0 unspecified atom stereocenters. The number of pyridine rings is 1. The normalized spacial score (nSPS) is 10.4. The standard InChI is InChI=1S/C15H19ClN2O2/c1-11-12(8-9-13(16)18-11)7-5-6-10-17-14(19)20-15(2,3)4/h8-9H,6,10H2,1-4H3,(H,17,19). The lowest BCUT2D eigenvalue weighted by atomic mass is 10.2. The summed E-state index contributed by atoms with van der Waals surface area (Å²) in [7, 11) is 0. The predicted molar refractivity (Wildman–Crippen MR) is 79.7 cm³/mol. The molecule has 0 atom stereocenters. The molecule has 0 aliphatic carbocycles. The average molecular weight is 295 g/mol. The van der Waals surface area contributed by atoms with E-state index in [2.05, 4.69) is 22.1 Å². The maximum atomic E-state index is 11.4. The van der Waals surface area contributed by atoms with Gasteiger partial charge in [-0.15, -0.1) is 0 Å². The van der Waals surface area contributed by atoms with Gasteiger partial charge in [-0.1, -0.05) is 23.4 Å². The Labute approximate surface area is 124 Å². The third-order valence-corrected chi connectivity index (χ3v) is 2.40. The van der Waals surface area contributed by atoms with Gasteiger partial charge in [0.2, 0.25) is 0 Å². The number of carbonyl (C=O) groups excluding carboxylic acids is 1. The van der Waals surface area contributed by atoms with E-state index < -0.39 is 11.7 Å². The molecule has 0 fully saturated rings. The van der Waals surface area contributed by atoms with E-state index in [1.165, 1.54) is 0 Å². The van der Waals surface area contributed by atoms with E-state index in [0.717, 1.165) is 11.3 Å². The van der Waals surface area contributed by atoms with Crippen molar-refractivity contribution in [3.63, 3.8) is 0 Å².